The standard InChI is InChI=1S/C31H36FN7O4/c1-4-29(41)37-10-5-6-23(18-37)36-11-9-25-20(2)30(35-38(25)13-12-36)21-14-26(31-27(42-3)16-34-39(31)17-21)43-28(19-40)24-8-7-22(32)15-33-24/h4,7-8,14-17,23,28,40H,1,5-6,9-13,18-19H2,2-3H3. The number of aliphatic hydroxyl groups is 1. The number of carbonyl (C=O) groups excluding carboxylic acids is 1. The highest BCUT2D eigenvalue weighted by Gasteiger charge is 2.30. The fourth-order valence-corrected chi connectivity index (χ4v) is 6.24. The number of hydrogen-bond acceptors (Lipinski definition) is 8. The van der Waals surface area contributed by atoms with Crippen LogP contribution >= 0.6 is 0 Å². The second kappa shape index (κ2) is 12.1. The summed E-state index contributed by atoms with van der Waals surface area (Å²) >= 11 is 0. The molecular formula is C31H36FN7O4. The van der Waals surface area contributed by atoms with Gasteiger partial charge in [-0.3, -0.25) is 19.4 Å². The molecule has 2 unspecified atom stereocenters. The first-order valence-electron chi connectivity index (χ1n) is 14.6. The number of aliphatic hydroxyl groups excluding tert-OH is 1. The van der Waals surface area contributed by atoms with Crippen molar-refractivity contribution in [3.8, 4) is 22.8 Å². The Morgan fingerprint density at radius 3 is 2.84 bits per heavy atom. The van der Waals surface area contributed by atoms with E-state index in [0.717, 1.165) is 75.0 Å². The summed E-state index contributed by atoms with van der Waals surface area (Å²) in [5.41, 5.74) is 4.88. The molecule has 0 radical (unpaired) electrons. The third kappa shape index (κ3) is 5.59. The molecule has 2 atom stereocenters. The molecule has 2 aliphatic heterocycles. The number of piperidine rings is 1. The number of fused-ring (bicyclic) bond motifs is 2. The number of hydrogen-bond donors (Lipinski definition) is 1. The Balaban J connectivity index is 1.28. The van der Waals surface area contributed by atoms with Crippen LogP contribution in [0.3, 0.4) is 0 Å². The number of rotatable bonds is 8. The van der Waals surface area contributed by atoms with E-state index in [-0.39, 0.29) is 12.5 Å². The van der Waals surface area contributed by atoms with Gasteiger partial charge in [-0.05, 0) is 49.6 Å². The van der Waals surface area contributed by atoms with Gasteiger partial charge in [-0.15, -0.1) is 0 Å². The predicted molar refractivity (Wildman–Crippen MR) is 157 cm³/mol. The summed E-state index contributed by atoms with van der Waals surface area (Å²) in [6.45, 7) is 9.38. The number of aromatic nitrogens is 5. The van der Waals surface area contributed by atoms with Crippen LogP contribution in [0.5, 0.6) is 11.5 Å². The minimum Gasteiger partial charge on any atom is -0.493 e. The molecule has 11 nitrogen and oxygen atoms in total. The third-order valence-corrected chi connectivity index (χ3v) is 8.51. The first-order chi connectivity index (χ1) is 20.9. The molecule has 6 heterocycles. The van der Waals surface area contributed by atoms with Gasteiger partial charge in [0.25, 0.3) is 0 Å². The minimum atomic E-state index is -0.831. The van der Waals surface area contributed by atoms with Crippen LogP contribution in [0.2, 0.25) is 0 Å². The molecule has 0 spiro atoms. The Bertz CT molecular complexity index is 1630. The van der Waals surface area contributed by atoms with E-state index < -0.39 is 11.9 Å². The second-order valence-corrected chi connectivity index (χ2v) is 11.0. The predicted octanol–water partition coefficient (Wildman–Crippen LogP) is 3.20. The van der Waals surface area contributed by atoms with E-state index in [1.54, 1.807) is 17.8 Å². The van der Waals surface area contributed by atoms with Gasteiger partial charge in [-0.1, -0.05) is 6.58 Å². The van der Waals surface area contributed by atoms with Gasteiger partial charge < -0.3 is 19.5 Å². The molecule has 0 aromatic carbocycles. The molecule has 12 heteroatoms. The van der Waals surface area contributed by atoms with Gasteiger partial charge >= 0.3 is 0 Å². The molecule has 1 amide bonds. The van der Waals surface area contributed by atoms with Crippen LogP contribution in [0.4, 0.5) is 4.39 Å². The zero-order chi connectivity index (χ0) is 30.1. The lowest BCUT2D eigenvalue weighted by Crippen LogP contribution is -2.50. The number of ether oxygens (including phenoxy) is 2. The molecule has 1 fully saturated rings. The van der Waals surface area contributed by atoms with Crippen molar-refractivity contribution in [2.24, 2.45) is 0 Å². The van der Waals surface area contributed by atoms with Crippen molar-refractivity contribution in [2.75, 3.05) is 39.9 Å². The molecule has 2 aliphatic rings. The van der Waals surface area contributed by atoms with Crippen LogP contribution in [0.1, 0.15) is 35.9 Å². The normalized spacial score (nSPS) is 18.2. The van der Waals surface area contributed by atoms with Crippen LogP contribution in [0, 0.1) is 12.7 Å². The number of amides is 1. The van der Waals surface area contributed by atoms with Gasteiger partial charge in [0.2, 0.25) is 5.91 Å². The zero-order valence-electron chi connectivity index (χ0n) is 24.4. The van der Waals surface area contributed by atoms with Crippen molar-refractivity contribution in [3.05, 3.63) is 72.2 Å². The maximum Gasteiger partial charge on any atom is 0.246 e. The molecule has 0 bridgehead atoms. The molecule has 0 aliphatic carbocycles. The Kier molecular flexibility index (Phi) is 8.13. The number of likely N-dealkylation sites (tertiary alicyclic amines) is 1. The van der Waals surface area contributed by atoms with E-state index >= 15 is 0 Å². The van der Waals surface area contributed by atoms with Crippen LogP contribution in [-0.2, 0) is 17.8 Å². The molecule has 1 saturated heterocycles. The summed E-state index contributed by atoms with van der Waals surface area (Å²) in [7, 11) is 1.56. The quantitative estimate of drug-likeness (QED) is 0.312. The van der Waals surface area contributed by atoms with E-state index in [2.05, 4.69) is 33.2 Å². The molecule has 0 saturated carbocycles. The third-order valence-electron chi connectivity index (χ3n) is 8.51. The average Bonchev–Trinajstić information content (AvgIpc) is 3.52. The van der Waals surface area contributed by atoms with Gasteiger partial charge in [0.05, 0.1) is 44.0 Å². The lowest BCUT2D eigenvalue weighted by Gasteiger charge is -2.38. The van der Waals surface area contributed by atoms with Crippen LogP contribution in [-0.4, -0.2) is 91.1 Å². The average molecular weight is 590 g/mol. The number of methoxy groups -OCH3 is 1. The SMILES string of the molecule is C=CC(=O)N1CCCC(N2CCc3c(C)c(-c4cc(OC(CO)c5ccc(F)cn5)c5c(OC)cnn5c4)nn3CC2)C1. The van der Waals surface area contributed by atoms with Gasteiger partial charge in [0, 0.05) is 56.1 Å². The van der Waals surface area contributed by atoms with Crippen molar-refractivity contribution < 1.29 is 23.8 Å². The van der Waals surface area contributed by atoms with E-state index in [4.69, 9.17) is 14.6 Å². The van der Waals surface area contributed by atoms with Gasteiger partial charge in [0.1, 0.15) is 5.82 Å². The topological polar surface area (TPSA) is 110 Å². The molecular weight excluding hydrogens is 553 g/mol. The number of nitrogens with zero attached hydrogens (tertiary/aromatic N) is 7. The van der Waals surface area contributed by atoms with Crippen molar-refractivity contribution >= 4 is 11.4 Å². The van der Waals surface area contributed by atoms with E-state index in [1.807, 2.05) is 17.2 Å². The zero-order valence-corrected chi connectivity index (χ0v) is 24.4. The smallest absolute Gasteiger partial charge is 0.246 e. The molecule has 226 valence electrons. The van der Waals surface area contributed by atoms with Crippen molar-refractivity contribution in [3.63, 3.8) is 0 Å². The lowest BCUT2D eigenvalue weighted by molar-refractivity contribution is -0.128. The van der Waals surface area contributed by atoms with Gasteiger partial charge in [-0.25, -0.2) is 8.91 Å². The van der Waals surface area contributed by atoms with Crippen molar-refractivity contribution in [2.45, 2.75) is 44.9 Å². The molecule has 6 rings (SSSR count). The highest BCUT2D eigenvalue weighted by Crippen LogP contribution is 2.37. The second-order valence-electron chi connectivity index (χ2n) is 11.0. The fourth-order valence-electron chi connectivity index (χ4n) is 6.24. The molecule has 4 aromatic heterocycles. The molecule has 1 N–H and O–H groups in total. The summed E-state index contributed by atoms with van der Waals surface area (Å²) in [6.07, 6.45) is 8.08. The summed E-state index contributed by atoms with van der Waals surface area (Å²) < 4.78 is 29.1. The summed E-state index contributed by atoms with van der Waals surface area (Å²) in [5, 5.41) is 19.7. The maximum absolute atomic E-state index is 13.5. The number of carbonyl (C=O) groups is 1. The fraction of sp³-hybridized carbons (Fsp3) is 0.419. The van der Waals surface area contributed by atoms with Gasteiger partial charge in [-0.2, -0.15) is 10.2 Å². The van der Waals surface area contributed by atoms with Crippen molar-refractivity contribution in [1.82, 2.24) is 34.2 Å². The lowest BCUT2D eigenvalue weighted by atomic mass is 10.0. The Morgan fingerprint density at radius 1 is 1.23 bits per heavy atom. The summed E-state index contributed by atoms with van der Waals surface area (Å²) in [6, 6.07) is 4.98. The number of pyridine rings is 2. The van der Waals surface area contributed by atoms with Gasteiger partial charge in [0.15, 0.2) is 23.1 Å². The molecule has 43 heavy (non-hydrogen) atoms. The maximum atomic E-state index is 13.5. The summed E-state index contributed by atoms with van der Waals surface area (Å²) in [4.78, 5) is 20.7. The minimum absolute atomic E-state index is 0.00212. The Hall–Kier alpha value is -4.29. The number of halogens is 1. The van der Waals surface area contributed by atoms with Crippen LogP contribution in [0.25, 0.3) is 16.8 Å². The van der Waals surface area contributed by atoms with Crippen molar-refractivity contribution in [1.29, 1.82) is 0 Å². The van der Waals surface area contributed by atoms with E-state index in [0.29, 0.717) is 28.8 Å². The Labute approximate surface area is 249 Å². The largest absolute Gasteiger partial charge is 0.493 e. The summed E-state index contributed by atoms with van der Waals surface area (Å²) in [5.74, 6) is 0.478. The first-order valence-corrected chi connectivity index (χ1v) is 14.6. The Morgan fingerprint density at radius 2 is 2.09 bits per heavy atom. The van der Waals surface area contributed by atoms with E-state index in [1.165, 1.54) is 23.9 Å². The monoisotopic (exact) mass is 589 g/mol. The molecule has 4 aromatic rings. The van der Waals surface area contributed by atoms with E-state index in [9.17, 15) is 14.3 Å². The van der Waals surface area contributed by atoms with Crippen LogP contribution < -0.4 is 9.47 Å². The first kappa shape index (κ1) is 28.8. The van der Waals surface area contributed by atoms with Crippen LogP contribution in [0.15, 0.2) is 49.4 Å². The highest BCUT2D eigenvalue weighted by molar-refractivity contribution is 5.87. The highest BCUT2D eigenvalue weighted by atomic mass is 19.1.